The molecule has 0 fully saturated rings. The molecule has 0 saturated carbocycles. The van der Waals surface area contributed by atoms with Crippen LogP contribution in [0.5, 0.6) is 0 Å². The standard InChI is InChI=1S/CH5P.CH4.V/c1-2;;/h2H2,1H3;1H4;. The molecule has 0 amide bonds. The summed E-state index contributed by atoms with van der Waals surface area (Å²) in [5.74, 6) is 0. The Morgan fingerprint density at radius 3 is 1.25 bits per heavy atom. The zero-order valence-electron chi connectivity index (χ0n) is 2.02. The van der Waals surface area contributed by atoms with E-state index in [-0.39, 0.29) is 26.0 Å². The molecule has 1 unspecified atom stereocenters. The molecule has 0 bridgehead atoms. The van der Waals surface area contributed by atoms with Crippen molar-refractivity contribution in [1.29, 1.82) is 0 Å². The maximum absolute atomic E-state index is 2.42. The van der Waals surface area contributed by atoms with Crippen LogP contribution in [0, 0.1) is 0 Å². The van der Waals surface area contributed by atoms with E-state index in [0.717, 1.165) is 0 Å². The van der Waals surface area contributed by atoms with Crippen LogP contribution in [0.3, 0.4) is 0 Å². The second-order valence-corrected chi connectivity index (χ2v) is 0. The summed E-state index contributed by atoms with van der Waals surface area (Å²) in [7, 11) is 2.42. The van der Waals surface area contributed by atoms with E-state index in [1.54, 1.807) is 0 Å². The Balaban J connectivity index is -0.00000000500. The molecule has 0 aliphatic rings. The molecule has 0 aliphatic heterocycles. The Hall–Kier alpha value is 1.01. The number of rotatable bonds is 0. The van der Waals surface area contributed by atoms with E-state index in [1.807, 2.05) is 6.66 Å². The summed E-state index contributed by atoms with van der Waals surface area (Å²) >= 11 is 0. The summed E-state index contributed by atoms with van der Waals surface area (Å²) in [6.45, 7) is 1.92. The summed E-state index contributed by atoms with van der Waals surface area (Å²) in [5, 5.41) is 0. The molecule has 0 heterocycles. The Morgan fingerprint density at radius 1 is 1.25 bits per heavy atom. The fourth-order valence-electron chi connectivity index (χ4n) is 0. The van der Waals surface area contributed by atoms with Crippen LogP contribution in [-0.4, -0.2) is 6.66 Å². The van der Waals surface area contributed by atoms with E-state index >= 15 is 0 Å². The topological polar surface area (TPSA) is 0 Å². The van der Waals surface area contributed by atoms with Crippen molar-refractivity contribution in [2.24, 2.45) is 0 Å². The summed E-state index contributed by atoms with van der Waals surface area (Å²) in [6, 6.07) is 0. The first-order valence-electron chi connectivity index (χ1n) is 0.577. The first kappa shape index (κ1) is 19.9. The fourth-order valence-corrected chi connectivity index (χ4v) is 0. The summed E-state index contributed by atoms with van der Waals surface area (Å²) in [4.78, 5) is 0. The molecule has 0 aromatic heterocycles. The molecule has 27 valence electrons. The van der Waals surface area contributed by atoms with Crippen LogP contribution >= 0.6 is 9.24 Å². The molecular formula is C2H9PV. The molecule has 0 rings (SSSR count). The average Bonchev–Trinajstić information content (AvgIpc) is 1.00. The number of hydrogen-bond acceptors (Lipinski definition) is 0. The van der Waals surface area contributed by atoms with Gasteiger partial charge in [-0.1, -0.05) is 14.1 Å². The Morgan fingerprint density at radius 2 is 1.25 bits per heavy atom. The van der Waals surface area contributed by atoms with Crippen molar-refractivity contribution in [3.63, 3.8) is 0 Å². The normalized spacial score (nSPS) is 1.50. The molecule has 4 heavy (non-hydrogen) atoms. The predicted octanol–water partition coefficient (Wildman–Crippen LogP) is 1.12. The molecule has 0 aliphatic carbocycles. The minimum Gasteiger partial charge on any atom is -0.141 e. The molecule has 2 heteroatoms. The molecule has 0 spiro atoms. The van der Waals surface area contributed by atoms with Crippen molar-refractivity contribution >= 4 is 9.24 Å². The Labute approximate surface area is 42.4 Å². The van der Waals surface area contributed by atoms with Gasteiger partial charge in [0, 0.05) is 18.6 Å². The van der Waals surface area contributed by atoms with E-state index in [2.05, 4.69) is 9.24 Å². The fraction of sp³-hybridized carbons (Fsp3) is 1.00. The second kappa shape index (κ2) is 35.4. The van der Waals surface area contributed by atoms with Gasteiger partial charge in [-0.05, 0) is 0 Å². The van der Waals surface area contributed by atoms with Gasteiger partial charge in [-0.25, -0.2) is 0 Å². The third-order valence-electron chi connectivity index (χ3n) is 0. The molecular weight excluding hydrogens is 106 g/mol. The maximum atomic E-state index is 2.42. The zero-order valence-corrected chi connectivity index (χ0v) is 4.58. The van der Waals surface area contributed by atoms with Crippen LogP contribution in [0.2, 0.25) is 0 Å². The van der Waals surface area contributed by atoms with Crippen molar-refractivity contribution in [2.45, 2.75) is 7.43 Å². The van der Waals surface area contributed by atoms with Gasteiger partial charge in [0.1, 0.15) is 0 Å². The molecule has 0 saturated heterocycles. The quantitative estimate of drug-likeness (QED) is 0.415. The maximum Gasteiger partial charge on any atom is 0 e. The van der Waals surface area contributed by atoms with Crippen LogP contribution in [0.15, 0.2) is 0 Å². The van der Waals surface area contributed by atoms with Gasteiger partial charge in [0.2, 0.25) is 0 Å². The van der Waals surface area contributed by atoms with Crippen molar-refractivity contribution in [3.05, 3.63) is 0 Å². The van der Waals surface area contributed by atoms with Crippen LogP contribution in [0.25, 0.3) is 0 Å². The molecule has 0 nitrogen and oxygen atoms in total. The summed E-state index contributed by atoms with van der Waals surface area (Å²) in [6.07, 6.45) is 0. The Bertz CT molecular complexity index is 6.00. The van der Waals surface area contributed by atoms with Crippen LogP contribution in [0.1, 0.15) is 7.43 Å². The second-order valence-electron chi connectivity index (χ2n) is 0. The van der Waals surface area contributed by atoms with Crippen LogP contribution in [-0.2, 0) is 18.6 Å². The zero-order chi connectivity index (χ0) is 2.00. The van der Waals surface area contributed by atoms with Gasteiger partial charge < -0.3 is 0 Å². The minimum atomic E-state index is 0. The van der Waals surface area contributed by atoms with E-state index in [9.17, 15) is 0 Å². The van der Waals surface area contributed by atoms with Gasteiger partial charge in [0.25, 0.3) is 0 Å². The molecule has 0 N–H and O–H groups in total. The van der Waals surface area contributed by atoms with Gasteiger partial charge in [-0.3, -0.25) is 0 Å². The smallest absolute Gasteiger partial charge is 0 e. The van der Waals surface area contributed by atoms with Gasteiger partial charge in [-0.2, -0.15) is 0 Å². The van der Waals surface area contributed by atoms with Crippen molar-refractivity contribution in [3.8, 4) is 0 Å². The molecule has 1 radical (unpaired) electrons. The largest absolute Gasteiger partial charge is 0.141 e. The molecule has 0 aromatic rings. The van der Waals surface area contributed by atoms with E-state index < -0.39 is 0 Å². The van der Waals surface area contributed by atoms with Gasteiger partial charge in [0.15, 0.2) is 0 Å². The van der Waals surface area contributed by atoms with Crippen molar-refractivity contribution in [1.82, 2.24) is 0 Å². The number of hydrogen-bond donors (Lipinski definition) is 0. The van der Waals surface area contributed by atoms with Gasteiger partial charge in [0.05, 0.1) is 0 Å². The Kier molecular flexibility index (Phi) is 176. The summed E-state index contributed by atoms with van der Waals surface area (Å²) in [5.41, 5.74) is 0. The average molecular weight is 115 g/mol. The minimum absolute atomic E-state index is 0. The van der Waals surface area contributed by atoms with Crippen LogP contribution in [0.4, 0.5) is 0 Å². The van der Waals surface area contributed by atoms with E-state index in [4.69, 9.17) is 0 Å². The summed E-state index contributed by atoms with van der Waals surface area (Å²) < 4.78 is 0. The van der Waals surface area contributed by atoms with Crippen molar-refractivity contribution < 1.29 is 18.6 Å². The SMILES string of the molecule is C.CP.[V]. The molecule has 0 aromatic carbocycles. The van der Waals surface area contributed by atoms with Crippen LogP contribution < -0.4 is 0 Å². The van der Waals surface area contributed by atoms with Gasteiger partial charge >= 0.3 is 0 Å². The third-order valence-corrected chi connectivity index (χ3v) is 0. The van der Waals surface area contributed by atoms with Crippen molar-refractivity contribution in [2.75, 3.05) is 6.66 Å². The first-order valence-corrected chi connectivity index (χ1v) is 1.73. The van der Waals surface area contributed by atoms with E-state index in [0.29, 0.717) is 0 Å². The monoisotopic (exact) mass is 115 g/mol. The van der Waals surface area contributed by atoms with E-state index in [1.165, 1.54) is 0 Å². The first-order chi connectivity index (χ1) is 1.00. The van der Waals surface area contributed by atoms with Gasteiger partial charge in [-0.15, -0.1) is 9.24 Å². The predicted molar refractivity (Wildman–Crippen MR) is 22.4 cm³/mol. The molecule has 1 atom stereocenters. The third kappa shape index (κ3) is 11.9.